The van der Waals surface area contributed by atoms with Gasteiger partial charge in [-0.2, -0.15) is 0 Å². The van der Waals surface area contributed by atoms with E-state index in [9.17, 15) is 4.39 Å². The summed E-state index contributed by atoms with van der Waals surface area (Å²) in [6.45, 7) is 1.94. The summed E-state index contributed by atoms with van der Waals surface area (Å²) >= 11 is 14.2. The fraction of sp³-hybridized carbons (Fsp3) is 0.167. The molecule has 0 saturated heterocycles. The van der Waals surface area contributed by atoms with Gasteiger partial charge < -0.3 is 0 Å². The monoisotopic (exact) mass is 396 g/mol. The Labute approximate surface area is 125 Å². The molecule has 0 aliphatic heterocycles. The van der Waals surface area contributed by atoms with E-state index in [4.69, 9.17) is 11.6 Å². The highest BCUT2D eigenvalue weighted by Gasteiger charge is 2.19. The summed E-state index contributed by atoms with van der Waals surface area (Å²) in [4.78, 5) is 0.834. The van der Waals surface area contributed by atoms with Gasteiger partial charge >= 0.3 is 0 Å². The summed E-state index contributed by atoms with van der Waals surface area (Å²) in [6.07, 6.45) is 0. The molecule has 0 N–H and O–H groups in total. The smallest absolute Gasteiger partial charge is 0.142 e. The van der Waals surface area contributed by atoms with Crippen LogP contribution in [0.15, 0.2) is 28.7 Å². The van der Waals surface area contributed by atoms with E-state index in [1.807, 2.05) is 19.1 Å². The second-order valence-corrected chi connectivity index (χ2v) is 7.07. The van der Waals surface area contributed by atoms with Gasteiger partial charge in [0.25, 0.3) is 0 Å². The van der Waals surface area contributed by atoms with Gasteiger partial charge in [-0.3, -0.25) is 0 Å². The highest BCUT2D eigenvalue weighted by molar-refractivity contribution is 9.10. The van der Waals surface area contributed by atoms with Gasteiger partial charge in [-0.15, -0.1) is 11.3 Å². The molecule has 1 heterocycles. The number of benzene rings is 1. The number of hydrogen-bond donors (Lipinski definition) is 0. The molecule has 0 amide bonds. The van der Waals surface area contributed by atoms with Crippen molar-refractivity contribution in [1.29, 1.82) is 0 Å². The standard InChI is InChI=1S/C12H8Br2ClFS/c1-6-5-9(17-12(6)15)10(14)7-3-2-4-8(13)11(7)16/h2-5,10H,1H3. The molecule has 1 aromatic carbocycles. The highest BCUT2D eigenvalue weighted by atomic mass is 79.9. The third-order valence-corrected chi connectivity index (χ3v) is 5.90. The highest BCUT2D eigenvalue weighted by Crippen LogP contribution is 2.40. The van der Waals surface area contributed by atoms with E-state index < -0.39 is 0 Å². The van der Waals surface area contributed by atoms with E-state index >= 15 is 0 Å². The molecule has 1 aromatic heterocycles. The van der Waals surface area contributed by atoms with E-state index in [0.717, 1.165) is 14.8 Å². The Bertz CT molecular complexity index is 534. The van der Waals surface area contributed by atoms with Crippen molar-refractivity contribution in [2.75, 3.05) is 0 Å². The first-order valence-electron chi connectivity index (χ1n) is 4.84. The third kappa shape index (κ3) is 2.75. The Morgan fingerprint density at radius 2 is 2.12 bits per heavy atom. The van der Waals surface area contributed by atoms with Crippen LogP contribution in [0.4, 0.5) is 4.39 Å². The van der Waals surface area contributed by atoms with Crippen LogP contribution in [0.1, 0.15) is 20.8 Å². The molecule has 17 heavy (non-hydrogen) atoms. The molecular weight excluding hydrogens is 390 g/mol. The second kappa shape index (κ2) is 5.39. The maximum atomic E-state index is 13.9. The first-order chi connectivity index (χ1) is 8.00. The molecule has 0 aliphatic rings. The van der Waals surface area contributed by atoms with Crippen LogP contribution in [0.5, 0.6) is 0 Å². The van der Waals surface area contributed by atoms with E-state index in [0.29, 0.717) is 10.0 Å². The van der Waals surface area contributed by atoms with Gasteiger partial charge in [-0.1, -0.05) is 39.7 Å². The van der Waals surface area contributed by atoms with E-state index in [-0.39, 0.29) is 10.6 Å². The van der Waals surface area contributed by atoms with Gasteiger partial charge in [-0.25, -0.2) is 4.39 Å². The SMILES string of the molecule is Cc1cc(C(Br)c2cccc(Br)c2F)sc1Cl. The Hall–Kier alpha value is 0.1000. The minimum atomic E-state index is -0.239. The Morgan fingerprint density at radius 1 is 1.41 bits per heavy atom. The van der Waals surface area contributed by atoms with Crippen molar-refractivity contribution in [3.05, 3.63) is 54.9 Å². The molecule has 90 valence electrons. The quantitative estimate of drug-likeness (QED) is 0.537. The fourth-order valence-corrected chi connectivity index (χ4v) is 3.84. The number of hydrogen-bond acceptors (Lipinski definition) is 1. The predicted octanol–water partition coefficient (Wildman–Crippen LogP) is 6.10. The molecule has 0 aliphatic carbocycles. The summed E-state index contributed by atoms with van der Waals surface area (Å²) in [5.74, 6) is -0.239. The van der Waals surface area contributed by atoms with E-state index in [1.54, 1.807) is 12.1 Å². The van der Waals surface area contributed by atoms with Gasteiger partial charge in [0.1, 0.15) is 5.82 Å². The summed E-state index contributed by atoms with van der Waals surface area (Å²) in [5.41, 5.74) is 1.63. The number of halogens is 4. The zero-order valence-corrected chi connectivity index (χ0v) is 13.6. The molecule has 1 atom stereocenters. The van der Waals surface area contributed by atoms with Gasteiger partial charge in [0.15, 0.2) is 0 Å². The van der Waals surface area contributed by atoms with Crippen molar-refractivity contribution in [3.63, 3.8) is 0 Å². The molecule has 0 nitrogen and oxygen atoms in total. The van der Waals surface area contributed by atoms with Crippen molar-refractivity contribution in [2.24, 2.45) is 0 Å². The van der Waals surface area contributed by atoms with Gasteiger partial charge in [0, 0.05) is 10.4 Å². The lowest BCUT2D eigenvalue weighted by Gasteiger charge is -2.10. The van der Waals surface area contributed by atoms with E-state index in [1.165, 1.54) is 11.3 Å². The molecule has 1 unspecified atom stereocenters. The molecule has 2 aromatic rings. The third-order valence-electron chi connectivity index (χ3n) is 2.38. The summed E-state index contributed by atoms with van der Waals surface area (Å²) in [6, 6.07) is 7.25. The molecular formula is C12H8Br2ClFS. The van der Waals surface area contributed by atoms with Crippen LogP contribution in [0.25, 0.3) is 0 Å². The molecule has 0 saturated carbocycles. The van der Waals surface area contributed by atoms with Crippen LogP contribution in [0.2, 0.25) is 4.34 Å². The van der Waals surface area contributed by atoms with Gasteiger partial charge in [0.2, 0.25) is 0 Å². The zero-order valence-electron chi connectivity index (χ0n) is 8.81. The number of aryl methyl sites for hydroxylation is 1. The van der Waals surface area contributed by atoms with Crippen LogP contribution in [-0.4, -0.2) is 0 Å². The lowest BCUT2D eigenvalue weighted by Crippen LogP contribution is -1.95. The normalized spacial score (nSPS) is 12.8. The summed E-state index contributed by atoms with van der Waals surface area (Å²) in [7, 11) is 0. The lowest BCUT2D eigenvalue weighted by molar-refractivity contribution is 0.607. The van der Waals surface area contributed by atoms with Crippen molar-refractivity contribution < 1.29 is 4.39 Å². The topological polar surface area (TPSA) is 0 Å². The van der Waals surface area contributed by atoms with E-state index in [2.05, 4.69) is 31.9 Å². The number of alkyl halides is 1. The number of thiophene rings is 1. The van der Waals surface area contributed by atoms with Crippen LogP contribution in [0.3, 0.4) is 0 Å². The lowest BCUT2D eigenvalue weighted by atomic mass is 10.1. The van der Waals surface area contributed by atoms with Crippen LogP contribution < -0.4 is 0 Å². The Morgan fingerprint density at radius 3 is 2.71 bits per heavy atom. The fourth-order valence-electron chi connectivity index (χ4n) is 1.48. The largest absolute Gasteiger partial charge is 0.205 e. The molecule has 2 rings (SSSR count). The predicted molar refractivity (Wildman–Crippen MR) is 78.9 cm³/mol. The molecule has 0 radical (unpaired) electrons. The second-order valence-electron chi connectivity index (χ2n) is 3.61. The molecule has 0 bridgehead atoms. The van der Waals surface area contributed by atoms with Crippen molar-refractivity contribution >= 4 is 54.8 Å². The molecule has 0 fully saturated rings. The van der Waals surface area contributed by atoms with Crippen molar-refractivity contribution in [3.8, 4) is 0 Å². The average molecular weight is 399 g/mol. The summed E-state index contributed by atoms with van der Waals surface area (Å²) in [5, 5.41) is 0. The Kier molecular flexibility index (Phi) is 4.29. The van der Waals surface area contributed by atoms with Crippen molar-refractivity contribution in [1.82, 2.24) is 0 Å². The minimum Gasteiger partial charge on any atom is -0.205 e. The van der Waals surface area contributed by atoms with Crippen LogP contribution in [0, 0.1) is 12.7 Å². The van der Waals surface area contributed by atoms with Crippen LogP contribution in [-0.2, 0) is 0 Å². The number of rotatable bonds is 2. The van der Waals surface area contributed by atoms with Gasteiger partial charge in [-0.05, 0) is 40.5 Å². The summed E-state index contributed by atoms with van der Waals surface area (Å²) < 4.78 is 15.2. The average Bonchev–Trinajstić information content (AvgIpc) is 2.62. The maximum absolute atomic E-state index is 13.9. The molecule has 5 heteroatoms. The van der Waals surface area contributed by atoms with Crippen molar-refractivity contribution in [2.45, 2.75) is 11.8 Å². The first kappa shape index (κ1) is 13.5. The molecule has 0 spiro atoms. The maximum Gasteiger partial charge on any atom is 0.142 e. The first-order valence-corrected chi connectivity index (χ1v) is 7.75. The minimum absolute atomic E-state index is 0.170. The van der Waals surface area contributed by atoms with Gasteiger partial charge in [0.05, 0.1) is 13.6 Å². The Balaban J connectivity index is 2.43. The van der Waals surface area contributed by atoms with Crippen LogP contribution >= 0.6 is 54.8 Å². The zero-order chi connectivity index (χ0) is 12.6.